The molecule has 1 aliphatic rings. The van der Waals surface area contributed by atoms with Gasteiger partial charge in [-0.15, -0.1) is 0 Å². The predicted molar refractivity (Wildman–Crippen MR) is 111 cm³/mol. The normalized spacial score (nSPS) is 13.8. The summed E-state index contributed by atoms with van der Waals surface area (Å²) in [6, 6.07) is 9.25. The minimum atomic E-state index is -5.08. The molecule has 1 aromatic carbocycles. The van der Waals surface area contributed by atoms with Gasteiger partial charge in [0.1, 0.15) is 5.65 Å². The summed E-state index contributed by atoms with van der Waals surface area (Å²) in [5, 5.41) is 18.1. The smallest absolute Gasteiger partial charge is 0.475 e. The van der Waals surface area contributed by atoms with Gasteiger partial charge in [-0.25, -0.2) is 14.6 Å². The highest BCUT2D eigenvalue weighted by molar-refractivity contribution is 6.35. The SMILES string of the molecule is Nc1ccc2c(c1)/C(=C/c1c[nH]c3ncccc13)C(=O)N2.O=C(O)C(F)(F)F.O=C(O)C(F)(F)F. The van der Waals surface area contributed by atoms with E-state index in [0.29, 0.717) is 11.3 Å². The molecular weight excluding hydrogens is 490 g/mol. The second-order valence-electron chi connectivity index (χ2n) is 6.57. The van der Waals surface area contributed by atoms with Crippen LogP contribution in [0.5, 0.6) is 0 Å². The van der Waals surface area contributed by atoms with E-state index >= 15 is 0 Å². The summed E-state index contributed by atoms with van der Waals surface area (Å²) < 4.78 is 63.5. The lowest BCUT2D eigenvalue weighted by Crippen LogP contribution is -2.21. The third kappa shape index (κ3) is 6.96. The van der Waals surface area contributed by atoms with Gasteiger partial charge < -0.3 is 26.2 Å². The maximum absolute atomic E-state index is 12.2. The summed E-state index contributed by atoms with van der Waals surface area (Å²) in [5.41, 5.74) is 10.4. The van der Waals surface area contributed by atoms with Gasteiger partial charge >= 0.3 is 24.3 Å². The van der Waals surface area contributed by atoms with Gasteiger partial charge in [0.15, 0.2) is 0 Å². The number of anilines is 2. The van der Waals surface area contributed by atoms with Crippen LogP contribution < -0.4 is 11.1 Å². The average Bonchev–Trinajstić information content (AvgIpc) is 3.29. The number of fused-ring (bicyclic) bond motifs is 2. The quantitative estimate of drug-likeness (QED) is 0.191. The van der Waals surface area contributed by atoms with Gasteiger partial charge in [0.05, 0.1) is 0 Å². The Morgan fingerprint density at radius 1 is 1.00 bits per heavy atom. The summed E-state index contributed by atoms with van der Waals surface area (Å²) in [6.45, 7) is 0. The zero-order chi connectivity index (χ0) is 26.6. The topological polar surface area (TPSA) is 158 Å². The van der Waals surface area contributed by atoms with Gasteiger partial charge in [-0.2, -0.15) is 26.3 Å². The van der Waals surface area contributed by atoms with Crippen LogP contribution in [0, 0.1) is 0 Å². The second kappa shape index (κ2) is 10.1. The Kier molecular flexibility index (Phi) is 7.74. The lowest BCUT2D eigenvalue weighted by molar-refractivity contribution is -0.193. The van der Waals surface area contributed by atoms with Crippen molar-refractivity contribution in [3.8, 4) is 0 Å². The Hall–Kier alpha value is -4.56. The van der Waals surface area contributed by atoms with Crippen molar-refractivity contribution in [3.63, 3.8) is 0 Å². The number of nitrogen functional groups attached to an aromatic ring is 1. The number of carboxylic acids is 2. The highest BCUT2D eigenvalue weighted by atomic mass is 19.4. The number of amides is 1. The molecule has 186 valence electrons. The largest absolute Gasteiger partial charge is 0.490 e. The zero-order valence-electron chi connectivity index (χ0n) is 17.0. The molecule has 6 N–H and O–H groups in total. The first-order valence-electron chi connectivity index (χ1n) is 9.06. The Balaban J connectivity index is 0.000000257. The minimum Gasteiger partial charge on any atom is -0.475 e. The Labute approximate surface area is 190 Å². The van der Waals surface area contributed by atoms with Crippen LogP contribution in [-0.2, 0) is 14.4 Å². The molecule has 3 heterocycles. The van der Waals surface area contributed by atoms with Crippen molar-refractivity contribution in [2.45, 2.75) is 12.4 Å². The number of carboxylic acid groups (broad SMARTS) is 2. The van der Waals surface area contributed by atoms with Crippen molar-refractivity contribution in [1.82, 2.24) is 9.97 Å². The molecule has 15 heteroatoms. The highest BCUT2D eigenvalue weighted by Gasteiger charge is 2.38. The number of aromatic nitrogens is 2. The molecule has 3 aromatic rings. The summed E-state index contributed by atoms with van der Waals surface area (Å²) in [5.74, 6) is -5.63. The van der Waals surface area contributed by atoms with E-state index in [1.54, 1.807) is 12.3 Å². The van der Waals surface area contributed by atoms with E-state index in [2.05, 4.69) is 15.3 Å². The first-order chi connectivity index (χ1) is 16.1. The number of H-pyrrole nitrogens is 1. The molecule has 0 saturated carbocycles. The van der Waals surface area contributed by atoms with E-state index in [9.17, 15) is 31.1 Å². The fourth-order valence-electron chi connectivity index (χ4n) is 2.60. The van der Waals surface area contributed by atoms with Crippen molar-refractivity contribution in [1.29, 1.82) is 0 Å². The highest BCUT2D eigenvalue weighted by Crippen LogP contribution is 2.35. The number of alkyl halides is 6. The van der Waals surface area contributed by atoms with Gasteiger partial charge in [-0.1, -0.05) is 0 Å². The molecule has 1 aliphatic heterocycles. The molecule has 1 amide bonds. The van der Waals surface area contributed by atoms with Crippen molar-refractivity contribution in [3.05, 3.63) is 53.9 Å². The Morgan fingerprint density at radius 3 is 2.11 bits per heavy atom. The van der Waals surface area contributed by atoms with Gasteiger partial charge in [0, 0.05) is 45.9 Å². The van der Waals surface area contributed by atoms with Gasteiger partial charge in [0.25, 0.3) is 5.91 Å². The number of hydrogen-bond donors (Lipinski definition) is 5. The fraction of sp³-hybridized carbons (Fsp3) is 0.100. The van der Waals surface area contributed by atoms with Crippen molar-refractivity contribution >= 4 is 51.9 Å². The number of carbonyl (C=O) groups is 3. The van der Waals surface area contributed by atoms with E-state index in [4.69, 9.17) is 25.5 Å². The molecule has 4 rings (SSSR count). The maximum atomic E-state index is 12.2. The first-order valence-corrected chi connectivity index (χ1v) is 9.06. The van der Waals surface area contributed by atoms with Crippen LogP contribution in [0.4, 0.5) is 37.7 Å². The van der Waals surface area contributed by atoms with E-state index in [-0.39, 0.29) is 5.91 Å². The average molecular weight is 504 g/mol. The molecule has 0 aliphatic carbocycles. The van der Waals surface area contributed by atoms with Crippen LogP contribution in [0.1, 0.15) is 11.1 Å². The number of benzene rings is 1. The molecule has 0 bridgehead atoms. The molecule has 2 aromatic heterocycles. The Bertz CT molecular complexity index is 1270. The lowest BCUT2D eigenvalue weighted by Gasteiger charge is -2.00. The third-order valence-electron chi connectivity index (χ3n) is 4.09. The van der Waals surface area contributed by atoms with Crippen LogP contribution in [0.3, 0.4) is 0 Å². The summed E-state index contributed by atoms with van der Waals surface area (Å²) in [4.78, 5) is 37.3. The van der Waals surface area contributed by atoms with Gasteiger partial charge in [-0.3, -0.25) is 4.79 Å². The van der Waals surface area contributed by atoms with E-state index in [1.165, 1.54) is 0 Å². The molecular formula is C20H14F6N4O5. The number of nitrogens with one attached hydrogen (secondary N) is 2. The van der Waals surface area contributed by atoms with Gasteiger partial charge in [-0.05, 0) is 36.4 Å². The van der Waals surface area contributed by atoms with Crippen LogP contribution in [0.15, 0.2) is 42.7 Å². The van der Waals surface area contributed by atoms with Crippen molar-refractivity contribution in [2.75, 3.05) is 11.1 Å². The van der Waals surface area contributed by atoms with Crippen LogP contribution in [0.25, 0.3) is 22.7 Å². The molecule has 0 spiro atoms. The summed E-state index contributed by atoms with van der Waals surface area (Å²) >= 11 is 0. The van der Waals surface area contributed by atoms with Crippen molar-refractivity contribution in [2.24, 2.45) is 0 Å². The van der Waals surface area contributed by atoms with E-state index in [0.717, 1.165) is 27.8 Å². The monoisotopic (exact) mass is 504 g/mol. The molecule has 0 saturated heterocycles. The first kappa shape index (κ1) is 26.7. The van der Waals surface area contributed by atoms with E-state index < -0.39 is 24.3 Å². The Morgan fingerprint density at radius 2 is 1.57 bits per heavy atom. The number of nitrogens with two attached hydrogens (primary N) is 1. The molecule has 35 heavy (non-hydrogen) atoms. The van der Waals surface area contributed by atoms with Crippen molar-refractivity contribution < 1.29 is 50.9 Å². The second-order valence-corrected chi connectivity index (χ2v) is 6.57. The molecule has 0 unspecified atom stereocenters. The number of nitrogens with zero attached hydrogens (tertiary/aromatic N) is 1. The number of rotatable bonds is 1. The third-order valence-corrected chi connectivity index (χ3v) is 4.09. The summed E-state index contributed by atoms with van der Waals surface area (Å²) in [7, 11) is 0. The van der Waals surface area contributed by atoms with Crippen LogP contribution in [-0.4, -0.2) is 50.4 Å². The van der Waals surface area contributed by atoms with Gasteiger partial charge in [0.2, 0.25) is 0 Å². The standard InChI is InChI=1S/C16H12N4O.2C2HF3O2/c17-10-3-4-14-12(7-10)13(16(21)20-14)6-9-8-19-15-11(9)2-1-5-18-15;2*3-2(4,5)1(6)7/h1-8H,17H2,(H,18,19)(H,20,21);2*(H,6,7)/b13-6-;;. The number of carbonyl (C=O) groups excluding carboxylic acids is 1. The number of aromatic amines is 1. The maximum Gasteiger partial charge on any atom is 0.490 e. The number of aliphatic carboxylic acids is 2. The lowest BCUT2D eigenvalue weighted by atomic mass is 10.0. The van der Waals surface area contributed by atoms with Crippen LogP contribution in [0.2, 0.25) is 0 Å². The molecule has 0 fully saturated rings. The fourth-order valence-corrected chi connectivity index (χ4v) is 2.60. The number of pyridine rings is 1. The molecule has 9 nitrogen and oxygen atoms in total. The van der Waals surface area contributed by atoms with E-state index in [1.807, 2.05) is 36.5 Å². The van der Waals surface area contributed by atoms with Crippen LogP contribution >= 0.6 is 0 Å². The molecule has 0 radical (unpaired) electrons. The number of hydrogen-bond acceptors (Lipinski definition) is 5. The summed E-state index contributed by atoms with van der Waals surface area (Å²) in [6.07, 6.45) is -4.72. The molecule has 0 atom stereocenters. The number of halogens is 6. The minimum absolute atomic E-state index is 0.117. The zero-order valence-corrected chi connectivity index (χ0v) is 17.0. The predicted octanol–water partition coefficient (Wildman–Crippen LogP) is 3.90.